The molecule has 6 nitrogen and oxygen atoms in total. The average Bonchev–Trinajstić information content (AvgIpc) is 2.83. The van der Waals surface area contributed by atoms with Crippen molar-refractivity contribution in [3.05, 3.63) is 38.9 Å². The minimum atomic E-state index is -0.378. The van der Waals surface area contributed by atoms with Crippen LogP contribution in [-0.2, 0) is 6.54 Å². The van der Waals surface area contributed by atoms with Crippen LogP contribution >= 0.6 is 11.3 Å². The SMILES string of the molecule is Cc1cccc([N+](=O)[O-])c1-c1nnc(CNC(C)(C)C)s1. The third kappa shape index (κ3) is 3.83. The molecule has 0 aliphatic heterocycles. The number of aromatic nitrogens is 2. The van der Waals surface area contributed by atoms with E-state index >= 15 is 0 Å². The van der Waals surface area contributed by atoms with E-state index < -0.39 is 0 Å². The number of hydrogen-bond donors (Lipinski definition) is 1. The summed E-state index contributed by atoms with van der Waals surface area (Å²) in [5.41, 5.74) is 1.44. The molecule has 7 heteroatoms. The maximum atomic E-state index is 11.2. The van der Waals surface area contributed by atoms with Gasteiger partial charge in [0, 0.05) is 11.6 Å². The molecule has 1 heterocycles. The van der Waals surface area contributed by atoms with Gasteiger partial charge in [-0.05, 0) is 33.3 Å². The molecule has 0 aliphatic rings. The Balaban J connectivity index is 2.32. The van der Waals surface area contributed by atoms with Crippen molar-refractivity contribution in [2.75, 3.05) is 0 Å². The fraction of sp³-hybridized carbons (Fsp3) is 0.429. The zero-order chi connectivity index (χ0) is 15.6. The van der Waals surface area contributed by atoms with Gasteiger partial charge < -0.3 is 5.32 Å². The molecule has 0 atom stereocenters. The standard InChI is InChI=1S/C14H18N4O2S/c1-9-6-5-7-10(18(19)20)12(9)13-17-16-11(21-13)8-15-14(2,3)4/h5-7,15H,8H2,1-4H3. The first-order valence-corrected chi connectivity index (χ1v) is 7.41. The van der Waals surface area contributed by atoms with Gasteiger partial charge in [-0.3, -0.25) is 10.1 Å². The summed E-state index contributed by atoms with van der Waals surface area (Å²) in [7, 11) is 0. The number of hydrogen-bond acceptors (Lipinski definition) is 6. The Morgan fingerprint density at radius 2 is 2.05 bits per heavy atom. The molecule has 1 N–H and O–H groups in total. The van der Waals surface area contributed by atoms with Crippen LogP contribution < -0.4 is 5.32 Å². The third-order valence-corrected chi connectivity index (χ3v) is 3.84. The van der Waals surface area contributed by atoms with Gasteiger partial charge in [0.25, 0.3) is 5.69 Å². The lowest BCUT2D eigenvalue weighted by atomic mass is 10.1. The van der Waals surface area contributed by atoms with Crippen molar-refractivity contribution < 1.29 is 4.92 Å². The third-order valence-electron chi connectivity index (χ3n) is 2.90. The number of nitrogens with one attached hydrogen (secondary N) is 1. The number of aryl methyl sites for hydroxylation is 1. The van der Waals surface area contributed by atoms with E-state index in [2.05, 4.69) is 36.3 Å². The summed E-state index contributed by atoms with van der Waals surface area (Å²) in [6, 6.07) is 5.02. The van der Waals surface area contributed by atoms with Gasteiger partial charge in [-0.25, -0.2) is 0 Å². The van der Waals surface area contributed by atoms with E-state index in [-0.39, 0.29) is 16.1 Å². The first-order chi connectivity index (χ1) is 9.78. The summed E-state index contributed by atoms with van der Waals surface area (Å²) in [5.74, 6) is 0. The highest BCUT2D eigenvalue weighted by atomic mass is 32.1. The molecule has 1 aromatic heterocycles. The number of benzene rings is 1. The molecule has 0 spiro atoms. The minimum absolute atomic E-state index is 0.0134. The van der Waals surface area contributed by atoms with Crippen LogP contribution in [0, 0.1) is 17.0 Å². The van der Waals surface area contributed by atoms with Gasteiger partial charge in [-0.1, -0.05) is 23.5 Å². The highest BCUT2D eigenvalue weighted by molar-refractivity contribution is 7.14. The largest absolute Gasteiger partial charge is 0.306 e. The summed E-state index contributed by atoms with van der Waals surface area (Å²) >= 11 is 1.38. The molecule has 0 aliphatic carbocycles. The number of nitro groups is 1. The van der Waals surface area contributed by atoms with E-state index in [1.54, 1.807) is 6.07 Å². The Hall–Kier alpha value is -1.86. The molecular weight excluding hydrogens is 288 g/mol. The van der Waals surface area contributed by atoms with Crippen molar-refractivity contribution in [1.82, 2.24) is 15.5 Å². The minimum Gasteiger partial charge on any atom is -0.306 e. The van der Waals surface area contributed by atoms with Crippen LogP contribution in [0.25, 0.3) is 10.6 Å². The quantitative estimate of drug-likeness (QED) is 0.692. The van der Waals surface area contributed by atoms with Crippen molar-refractivity contribution in [2.24, 2.45) is 0 Å². The van der Waals surface area contributed by atoms with Crippen molar-refractivity contribution in [3.8, 4) is 10.6 Å². The van der Waals surface area contributed by atoms with Crippen LogP contribution in [0.2, 0.25) is 0 Å². The lowest BCUT2D eigenvalue weighted by Gasteiger charge is -2.19. The summed E-state index contributed by atoms with van der Waals surface area (Å²) < 4.78 is 0. The maximum absolute atomic E-state index is 11.2. The van der Waals surface area contributed by atoms with E-state index in [1.165, 1.54) is 17.4 Å². The Labute approximate surface area is 127 Å². The van der Waals surface area contributed by atoms with E-state index in [9.17, 15) is 10.1 Å². The van der Waals surface area contributed by atoms with Gasteiger partial charge >= 0.3 is 0 Å². The molecule has 0 bridgehead atoms. The van der Waals surface area contributed by atoms with Crippen LogP contribution in [0.15, 0.2) is 18.2 Å². The zero-order valence-corrected chi connectivity index (χ0v) is 13.3. The molecule has 0 saturated carbocycles. The molecule has 2 aromatic rings. The van der Waals surface area contributed by atoms with E-state index in [4.69, 9.17) is 0 Å². The van der Waals surface area contributed by atoms with Crippen LogP contribution in [0.3, 0.4) is 0 Å². The topological polar surface area (TPSA) is 81.0 Å². The molecule has 0 unspecified atom stereocenters. The van der Waals surface area contributed by atoms with E-state index in [0.29, 0.717) is 17.1 Å². The maximum Gasteiger partial charge on any atom is 0.279 e. The smallest absolute Gasteiger partial charge is 0.279 e. The molecule has 2 rings (SSSR count). The predicted octanol–water partition coefficient (Wildman–Crippen LogP) is 3.31. The Bertz CT molecular complexity index is 661. The van der Waals surface area contributed by atoms with Crippen molar-refractivity contribution >= 4 is 17.0 Å². The number of nitro benzene ring substituents is 1. The van der Waals surface area contributed by atoms with Crippen LogP contribution in [0.4, 0.5) is 5.69 Å². The summed E-state index contributed by atoms with van der Waals surface area (Å²) in [5, 5.41) is 24.1. The Morgan fingerprint density at radius 3 is 2.67 bits per heavy atom. The van der Waals surface area contributed by atoms with Crippen LogP contribution in [0.1, 0.15) is 31.3 Å². The Morgan fingerprint density at radius 1 is 1.33 bits per heavy atom. The van der Waals surface area contributed by atoms with E-state index in [0.717, 1.165) is 10.6 Å². The monoisotopic (exact) mass is 306 g/mol. The van der Waals surface area contributed by atoms with Gasteiger partial charge in [0.15, 0.2) is 5.01 Å². The van der Waals surface area contributed by atoms with Crippen molar-refractivity contribution in [1.29, 1.82) is 0 Å². The lowest BCUT2D eigenvalue weighted by Crippen LogP contribution is -2.35. The van der Waals surface area contributed by atoms with Gasteiger partial charge in [0.05, 0.1) is 17.0 Å². The summed E-state index contributed by atoms with van der Waals surface area (Å²) in [6.45, 7) is 8.65. The van der Waals surface area contributed by atoms with Gasteiger partial charge in [-0.2, -0.15) is 0 Å². The van der Waals surface area contributed by atoms with Crippen LogP contribution in [0.5, 0.6) is 0 Å². The molecule has 0 amide bonds. The molecule has 0 fully saturated rings. The first kappa shape index (κ1) is 15.5. The summed E-state index contributed by atoms with van der Waals surface area (Å²) in [6.07, 6.45) is 0. The summed E-state index contributed by atoms with van der Waals surface area (Å²) in [4.78, 5) is 10.8. The van der Waals surface area contributed by atoms with Crippen molar-refractivity contribution in [3.63, 3.8) is 0 Å². The predicted molar refractivity (Wildman–Crippen MR) is 83.3 cm³/mol. The van der Waals surface area contributed by atoms with E-state index in [1.807, 2.05) is 13.0 Å². The van der Waals surface area contributed by atoms with Gasteiger partial charge in [-0.15, -0.1) is 10.2 Å². The second kappa shape index (κ2) is 5.87. The van der Waals surface area contributed by atoms with Gasteiger partial charge in [0.2, 0.25) is 0 Å². The number of rotatable bonds is 4. The molecule has 0 saturated heterocycles. The zero-order valence-electron chi connectivity index (χ0n) is 12.5. The molecule has 112 valence electrons. The average molecular weight is 306 g/mol. The fourth-order valence-electron chi connectivity index (χ4n) is 1.85. The first-order valence-electron chi connectivity index (χ1n) is 6.60. The lowest BCUT2D eigenvalue weighted by molar-refractivity contribution is -0.384. The number of nitrogens with zero attached hydrogens (tertiary/aromatic N) is 3. The molecule has 21 heavy (non-hydrogen) atoms. The normalized spacial score (nSPS) is 11.6. The van der Waals surface area contributed by atoms with Crippen molar-refractivity contribution in [2.45, 2.75) is 39.8 Å². The second-order valence-corrected chi connectivity index (χ2v) is 6.89. The molecule has 0 radical (unpaired) electrons. The second-order valence-electron chi connectivity index (χ2n) is 5.83. The van der Waals surface area contributed by atoms with Gasteiger partial charge in [0.1, 0.15) is 5.01 Å². The highest BCUT2D eigenvalue weighted by Crippen LogP contribution is 2.34. The molecular formula is C14H18N4O2S. The molecule has 1 aromatic carbocycles. The van der Waals surface area contributed by atoms with Crippen LogP contribution in [-0.4, -0.2) is 20.7 Å². The fourth-order valence-corrected chi connectivity index (χ4v) is 2.75. The Kier molecular flexibility index (Phi) is 4.34. The highest BCUT2D eigenvalue weighted by Gasteiger charge is 2.21.